The van der Waals surface area contributed by atoms with Crippen molar-refractivity contribution in [1.82, 2.24) is 10.6 Å². The number of ether oxygens (including phenoxy) is 1. The molecule has 29 heavy (non-hydrogen) atoms. The maximum absolute atomic E-state index is 12.2. The normalized spacial score (nSPS) is 10.1. The highest BCUT2D eigenvalue weighted by molar-refractivity contribution is 5.98. The highest BCUT2D eigenvalue weighted by atomic mass is 16.5. The summed E-state index contributed by atoms with van der Waals surface area (Å²) in [6.07, 6.45) is 0.728. The average Bonchev–Trinajstić information content (AvgIpc) is 2.75. The van der Waals surface area contributed by atoms with Gasteiger partial charge in [-0.1, -0.05) is 12.1 Å². The predicted octanol–water partition coefficient (Wildman–Crippen LogP) is 1.86. The Labute approximate surface area is 170 Å². The van der Waals surface area contributed by atoms with Gasteiger partial charge in [-0.05, 0) is 42.8 Å². The first-order valence-corrected chi connectivity index (χ1v) is 9.26. The van der Waals surface area contributed by atoms with Gasteiger partial charge in [-0.15, -0.1) is 0 Å². The first-order chi connectivity index (χ1) is 14.0. The van der Waals surface area contributed by atoms with E-state index in [2.05, 4.69) is 21.3 Å². The molecular weight excluding hydrogens is 372 g/mol. The smallest absolute Gasteiger partial charge is 0.251 e. The second-order valence-electron chi connectivity index (χ2n) is 6.24. The molecule has 0 unspecified atom stereocenters. The monoisotopic (exact) mass is 398 g/mol. The fourth-order valence-electron chi connectivity index (χ4n) is 2.56. The Morgan fingerprint density at radius 3 is 2.28 bits per heavy atom. The van der Waals surface area contributed by atoms with Gasteiger partial charge in [-0.3, -0.25) is 14.4 Å². The Kier molecular flexibility index (Phi) is 8.65. The van der Waals surface area contributed by atoms with Crippen LogP contribution >= 0.6 is 0 Å². The van der Waals surface area contributed by atoms with Crippen LogP contribution in [0.15, 0.2) is 48.5 Å². The molecule has 3 amide bonds. The van der Waals surface area contributed by atoms with Gasteiger partial charge in [0.2, 0.25) is 5.91 Å². The molecule has 0 heterocycles. The number of carbonyl (C=O) groups is 3. The summed E-state index contributed by atoms with van der Waals surface area (Å²) in [6, 6.07) is 13.6. The number of benzene rings is 2. The van der Waals surface area contributed by atoms with Gasteiger partial charge in [0.25, 0.3) is 11.8 Å². The number of hydrogen-bond donors (Lipinski definition) is 4. The molecule has 0 spiro atoms. The molecule has 0 aliphatic carbocycles. The zero-order valence-electron chi connectivity index (χ0n) is 16.6. The number of rotatable bonds is 10. The minimum Gasteiger partial charge on any atom is -0.385 e. The highest BCUT2D eigenvalue weighted by Gasteiger charge is 2.08. The van der Waals surface area contributed by atoms with Crippen molar-refractivity contribution in [2.45, 2.75) is 6.42 Å². The fourth-order valence-corrected chi connectivity index (χ4v) is 2.56. The van der Waals surface area contributed by atoms with Crippen molar-refractivity contribution < 1.29 is 19.1 Å². The molecule has 0 radical (unpaired) electrons. The van der Waals surface area contributed by atoms with E-state index in [1.54, 1.807) is 62.7 Å². The number of methoxy groups -OCH3 is 1. The van der Waals surface area contributed by atoms with E-state index >= 15 is 0 Å². The molecule has 2 rings (SSSR count). The Morgan fingerprint density at radius 1 is 0.931 bits per heavy atom. The lowest BCUT2D eigenvalue weighted by Crippen LogP contribution is -2.25. The second-order valence-corrected chi connectivity index (χ2v) is 6.24. The number of carbonyl (C=O) groups excluding carboxylic acids is 3. The van der Waals surface area contributed by atoms with Crippen molar-refractivity contribution in [3.63, 3.8) is 0 Å². The van der Waals surface area contributed by atoms with Crippen molar-refractivity contribution in [2.24, 2.45) is 0 Å². The largest absolute Gasteiger partial charge is 0.385 e. The number of hydrogen-bond acceptors (Lipinski definition) is 5. The van der Waals surface area contributed by atoms with E-state index in [0.29, 0.717) is 35.7 Å². The first kappa shape index (κ1) is 21.9. The van der Waals surface area contributed by atoms with Gasteiger partial charge < -0.3 is 26.0 Å². The standard InChI is InChI=1S/C21H26N4O4/c1-22-20(27)15-6-3-8-17(12-15)24-14-19(26)25-18-9-4-7-16(13-18)21(28)23-10-5-11-29-2/h3-4,6-9,12-13,24H,5,10-11,14H2,1-2H3,(H,22,27)(H,23,28)(H,25,26). The fraction of sp³-hybridized carbons (Fsp3) is 0.286. The summed E-state index contributed by atoms with van der Waals surface area (Å²) >= 11 is 0. The number of amides is 3. The highest BCUT2D eigenvalue weighted by Crippen LogP contribution is 2.12. The molecule has 2 aromatic rings. The lowest BCUT2D eigenvalue weighted by molar-refractivity contribution is -0.114. The molecular formula is C21H26N4O4. The topological polar surface area (TPSA) is 109 Å². The maximum Gasteiger partial charge on any atom is 0.251 e. The van der Waals surface area contributed by atoms with Gasteiger partial charge in [0.05, 0.1) is 6.54 Å². The minimum atomic E-state index is -0.270. The van der Waals surface area contributed by atoms with Crippen molar-refractivity contribution >= 4 is 29.1 Å². The summed E-state index contributed by atoms with van der Waals surface area (Å²) in [6.45, 7) is 1.11. The summed E-state index contributed by atoms with van der Waals surface area (Å²) in [4.78, 5) is 36.1. The van der Waals surface area contributed by atoms with E-state index in [-0.39, 0.29) is 24.3 Å². The SMILES string of the molecule is CNC(=O)c1cccc(NCC(=O)Nc2cccc(C(=O)NCCCOC)c2)c1. The van der Waals surface area contributed by atoms with Crippen LogP contribution in [0.4, 0.5) is 11.4 Å². The van der Waals surface area contributed by atoms with E-state index < -0.39 is 0 Å². The number of anilines is 2. The second kappa shape index (κ2) is 11.5. The van der Waals surface area contributed by atoms with Gasteiger partial charge in [0, 0.05) is 49.8 Å². The molecule has 0 aromatic heterocycles. The molecule has 8 nitrogen and oxygen atoms in total. The number of nitrogens with one attached hydrogen (secondary N) is 4. The maximum atomic E-state index is 12.2. The van der Waals surface area contributed by atoms with Crippen LogP contribution in [0, 0.1) is 0 Å². The molecule has 0 bridgehead atoms. The molecule has 8 heteroatoms. The van der Waals surface area contributed by atoms with Crippen LogP contribution in [0.5, 0.6) is 0 Å². The van der Waals surface area contributed by atoms with Crippen molar-refractivity contribution in [3.05, 3.63) is 59.7 Å². The molecule has 2 aromatic carbocycles. The summed E-state index contributed by atoms with van der Waals surface area (Å²) in [5.41, 5.74) is 2.15. The molecule has 0 aliphatic rings. The van der Waals surface area contributed by atoms with Gasteiger partial charge in [-0.25, -0.2) is 0 Å². The average molecular weight is 398 g/mol. The first-order valence-electron chi connectivity index (χ1n) is 9.26. The molecule has 0 atom stereocenters. The van der Waals surface area contributed by atoms with E-state index in [0.717, 1.165) is 6.42 Å². The Bertz CT molecular complexity index is 854. The third kappa shape index (κ3) is 7.27. The van der Waals surface area contributed by atoms with Crippen LogP contribution < -0.4 is 21.3 Å². The van der Waals surface area contributed by atoms with Crippen LogP contribution in [-0.4, -0.2) is 51.6 Å². The van der Waals surface area contributed by atoms with E-state index in [1.165, 1.54) is 0 Å². The lowest BCUT2D eigenvalue weighted by atomic mass is 10.2. The summed E-state index contributed by atoms with van der Waals surface area (Å²) in [5, 5.41) is 11.1. The zero-order valence-corrected chi connectivity index (χ0v) is 16.6. The van der Waals surface area contributed by atoms with E-state index in [9.17, 15) is 14.4 Å². The van der Waals surface area contributed by atoms with Crippen molar-refractivity contribution in [1.29, 1.82) is 0 Å². The Balaban J connectivity index is 1.87. The van der Waals surface area contributed by atoms with E-state index in [1.807, 2.05) is 0 Å². The zero-order chi connectivity index (χ0) is 21.1. The van der Waals surface area contributed by atoms with Crippen molar-refractivity contribution in [2.75, 3.05) is 44.5 Å². The molecule has 0 fully saturated rings. The van der Waals surface area contributed by atoms with E-state index in [4.69, 9.17) is 4.74 Å². The minimum absolute atomic E-state index is 0.0185. The predicted molar refractivity (Wildman–Crippen MR) is 112 cm³/mol. The Hall–Kier alpha value is -3.39. The molecule has 0 aliphatic heterocycles. The van der Waals surface area contributed by atoms with Crippen LogP contribution in [0.25, 0.3) is 0 Å². The quantitative estimate of drug-likeness (QED) is 0.457. The summed E-state index contributed by atoms with van der Waals surface area (Å²) in [7, 11) is 3.17. The summed E-state index contributed by atoms with van der Waals surface area (Å²) in [5.74, 6) is -0.676. The molecule has 0 saturated heterocycles. The molecule has 154 valence electrons. The van der Waals surface area contributed by atoms with Gasteiger partial charge in [0.15, 0.2) is 0 Å². The van der Waals surface area contributed by atoms with Gasteiger partial charge in [-0.2, -0.15) is 0 Å². The lowest BCUT2D eigenvalue weighted by Gasteiger charge is -2.10. The van der Waals surface area contributed by atoms with Gasteiger partial charge in [0.1, 0.15) is 0 Å². The summed E-state index contributed by atoms with van der Waals surface area (Å²) < 4.78 is 4.95. The van der Waals surface area contributed by atoms with Crippen LogP contribution in [0.3, 0.4) is 0 Å². The van der Waals surface area contributed by atoms with Crippen LogP contribution in [-0.2, 0) is 9.53 Å². The third-order valence-electron chi connectivity index (χ3n) is 4.02. The van der Waals surface area contributed by atoms with Crippen LogP contribution in [0.2, 0.25) is 0 Å². The van der Waals surface area contributed by atoms with Crippen molar-refractivity contribution in [3.8, 4) is 0 Å². The third-order valence-corrected chi connectivity index (χ3v) is 4.02. The molecule has 4 N–H and O–H groups in total. The molecule has 0 saturated carbocycles. The Morgan fingerprint density at radius 2 is 1.59 bits per heavy atom. The van der Waals surface area contributed by atoms with Crippen LogP contribution in [0.1, 0.15) is 27.1 Å². The van der Waals surface area contributed by atoms with Gasteiger partial charge >= 0.3 is 0 Å².